The van der Waals surface area contributed by atoms with Gasteiger partial charge < -0.3 is 9.47 Å². The number of cyclic esters (lactones) is 2. The molecule has 16 heavy (non-hydrogen) atoms. The van der Waals surface area contributed by atoms with Crippen LogP contribution in [-0.4, -0.2) is 23.5 Å². The Labute approximate surface area is 94.1 Å². The summed E-state index contributed by atoms with van der Waals surface area (Å²) in [5.74, 6) is -1.90. The molecule has 0 aromatic heterocycles. The van der Waals surface area contributed by atoms with E-state index in [9.17, 15) is 14.4 Å². The summed E-state index contributed by atoms with van der Waals surface area (Å²) in [5, 5.41) is 0. The van der Waals surface area contributed by atoms with Crippen LogP contribution in [0, 0.1) is 5.92 Å². The molecule has 0 bridgehead atoms. The van der Waals surface area contributed by atoms with Crippen LogP contribution < -0.4 is 0 Å². The van der Waals surface area contributed by atoms with Crippen LogP contribution in [0.3, 0.4) is 0 Å². The van der Waals surface area contributed by atoms with Crippen LogP contribution in [0.1, 0.15) is 40.0 Å². The Morgan fingerprint density at radius 1 is 1.44 bits per heavy atom. The van der Waals surface area contributed by atoms with Crippen molar-refractivity contribution in [3.63, 3.8) is 0 Å². The Balaban J connectivity index is 2.32. The molecule has 0 aliphatic carbocycles. The van der Waals surface area contributed by atoms with Gasteiger partial charge in [-0.25, -0.2) is 0 Å². The first-order chi connectivity index (χ1) is 7.28. The maximum Gasteiger partial charge on any atom is 0.317 e. The van der Waals surface area contributed by atoms with Crippen molar-refractivity contribution in [1.82, 2.24) is 0 Å². The first-order valence-corrected chi connectivity index (χ1v) is 5.24. The number of esters is 3. The van der Waals surface area contributed by atoms with Crippen LogP contribution >= 0.6 is 0 Å². The van der Waals surface area contributed by atoms with Crippen LogP contribution in [0.4, 0.5) is 0 Å². The van der Waals surface area contributed by atoms with Crippen LogP contribution in [0.15, 0.2) is 0 Å². The standard InChI is InChI=1S/C11H16O5/c1-11(2,3)16-8(12)5-4-7-6-9(13)15-10(7)14/h7H,4-6H2,1-3H3. The molecule has 0 saturated carbocycles. The lowest BCUT2D eigenvalue weighted by atomic mass is 10.0. The van der Waals surface area contributed by atoms with Crippen molar-refractivity contribution >= 4 is 17.9 Å². The molecule has 0 N–H and O–H groups in total. The second-order valence-electron chi connectivity index (χ2n) is 4.82. The third-order valence-electron chi connectivity index (χ3n) is 2.08. The van der Waals surface area contributed by atoms with E-state index < -0.39 is 23.5 Å². The fourth-order valence-corrected chi connectivity index (χ4v) is 1.43. The van der Waals surface area contributed by atoms with E-state index in [0.717, 1.165) is 0 Å². The zero-order valence-electron chi connectivity index (χ0n) is 9.74. The molecule has 1 fully saturated rings. The third-order valence-corrected chi connectivity index (χ3v) is 2.08. The maximum atomic E-state index is 11.3. The molecule has 5 heteroatoms. The molecule has 1 rings (SSSR count). The number of rotatable bonds is 3. The van der Waals surface area contributed by atoms with Gasteiger partial charge in [0, 0.05) is 6.42 Å². The van der Waals surface area contributed by atoms with Crippen LogP contribution in [0.25, 0.3) is 0 Å². The number of ether oxygens (including phenoxy) is 2. The number of hydrogen-bond acceptors (Lipinski definition) is 5. The van der Waals surface area contributed by atoms with Gasteiger partial charge in [0.25, 0.3) is 0 Å². The molecule has 1 heterocycles. The van der Waals surface area contributed by atoms with Gasteiger partial charge in [0.15, 0.2) is 0 Å². The van der Waals surface area contributed by atoms with Crippen molar-refractivity contribution in [2.24, 2.45) is 5.92 Å². The molecule has 0 aromatic carbocycles. The molecule has 1 saturated heterocycles. The van der Waals surface area contributed by atoms with Gasteiger partial charge in [0.05, 0.1) is 12.3 Å². The van der Waals surface area contributed by atoms with Crippen LogP contribution in [-0.2, 0) is 23.9 Å². The number of carbonyl (C=O) groups excluding carboxylic acids is 3. The molecule has 0 amide bonds. The fourth-order valence-electron chi connectivity index (χ4n) is 1.43. The second kappa shape index (κ2) is 4.63. The molecular formula is C11H16O5. The van der Waals surface area contributed by atoms with Crippen molar-refractivity contribution in [3.8, 4) is 0 Å². The minimum atomic E-state index is -0.534. The first kappa shape index (κ1) is 12.7. The normalized spacial score (nSPS) is 20.8. The van der Waals surface area contributed by atoms with Crippen LogP contribution in [0.2, 0.25) is 0 Å². The zero-order valence-corrected chi connectivity index (χ0v) is 9.74. The van der Waals surface area contributed by atoms with Crippen molar-refractivity contribution in [2.45, 2.75) is 45.6 Å². The summed E-state index contributed by atoms with van der Waals surface area (Å²) in [5.41, 5.74) is -0.525. The first-order valence-electron chi connectivity index (χ1n) is 5.24. The monoisotopic (exact) mass is 228 g/mol. The number of hydrogen-bond donors (Lipinski definition) is 0. The molecule has 1 aliphatic rings. The van der Waals surface area contributed by atoms with Gasteiger partial charge in [-0.3, -0.25) is 14.4 Å². The predicted molar refractivity (Wildman–Crippen MR) is 54.3 cm³/mol. The zero-order chi connectivity index (χ0) is 12.3. The minimum absolute atomic E-state index is 0.0711. The van der Waals surface area contributed by atoms with Gasteiger partial charge >= 0.3 is 17.9 Å². The van der Waals surface area contributed by atoms with Gasteiger partial charge in [-0.1, -0.05) is 0 Å². The van der Waals surface area contributed by atoms with E-state index in [1.54, 1.807) is 20.8 Å². The summed E-state index contributed by atoms with van der Waals surface area (Å²) < 4.78 is 9.46. The summed E-state index contributed by atoms with van der Waals surface area (Å²) in [6, 6.07) is 0. The van der Waals surface area contributed by atoms with Gasteiger partial charge in [-0.05, 0) is 27.2 Å². The lowest BCUT2D eigenvalue weighted by Crippen LogP contribution is -2.24. The van der Waals surface area contributed by atoms with E-state index in [1.807, 2.05) is 0 Å². The molecule has 1 aliphatic heterocycles. The van der Waals surface area contributed by atoms with Crippen molar-refractivity contribution in [3.05, 3.63) is 0 Å². The van der Waals surface area contributed by atoms with E-state index in [2.05, 4.69) is 4.74 Å². The summed E-state index contributed by atoms with van der Waals surface area (Å²) >= 11 is 0. The molecule has 0 radical (unpaired) electrons. The molecular weight excluding hydrogens is 212 g/mol. The second-order valence-corrected chi connectivity index (χ2v) is 4.82. The Morgan fingerprint density at radius 3 is 2.50 bits per heavy atom. The third kappa shape index (κ3) is 4.00. The number of carbonyl (C=O) groups is 3. The van der Waals surface area contributed by atoms with Gasteiger partial charge in [0.1, 0.15) is 5.60 Å². The lowest BCUT2D eigenvalue weighted by Gasteiger charge is -2.19. The van der Waals surface area contributed by atoms with E-state index in [0.29, 0.717) is 6.42 Å². The Bertz CT molecular complexity index is 313. The van der Waals surface area contributed by atoms with E-state index in [1.165, 1.54) is 0 Å². The lowest BCUT2D eigenvalue weighted by molar-refractivity contribution is -0.155. The molecule has 5 nitrogen and oxygen atoms in total. The van der Waals surface area contributed by atoms with Gasteiger partial charge in [-0.15, -0.1) is 0 Å². The molecule has 1 unspecified atom stereocenters. The predicted octanol–water partition coefficient (Wildman–Crippen LogP) is 1.20. The van der Waals surface area contributed by atoms with E-state index >= 15 is 0 Å². The average molecular weight is 228 g/mol. The summed E-state index contributed by atoms with van der Waals surface area (Å²) in [6.07, 6.45) is 0.505. The fraction of sp³-hybridized carbons (Fsp3) is 0.727. The quantitative estimate of drug-likeness (QED) is 0.536. The largest absolute Gasteiger partial charge is 0.460 e. The Kier molecular flexibility index (Phi) is 3.67. The molecule has 90 valence electrons. The van der Waals surface area contributed by atoms with E-state index in [4.69, 9.17) is 4.74 Å². The Morgan fingerprint density at radius 2 is 2.06 bits per heavy atom. The highest BCUT2D eigenvalue weighted by Crippen LogP contribution is 2.21. The van der Waals surface area contributed by atoms with E-state index in [-0.39, 0.29) is 18.8 Å². The maximum absolute atomic E-state index is 11.3. The Hall–Kier alpha value is -1.39. The highest BCUT2D eigenvalue weighted by Gasteiger charge is 2.33. The van der Waals surface area contributed by atoms with Gasteiger partial charge in [-0.2, -0.15) is 0 Å². The van der Waals surface area contributed by atoms with Crippen molar-refractivity contribution < 1.29 is 23.9 Å². The highest BCUT2D eigenvalue weighted by atomic mass is 16.6. The molecule has 0 aromatic rings. The van der Waals surface area contributed by atoms with Crippen molar-refractivity contribution in [2.75, 3.05) is 0 Å². The average Bonchev–Trinajstić information content (AvgIpc) is 2.38. The summed E-state index contributed by atoms with van der Waals surface area (Å²) in [4.78, 5) is 33.2. The topological polar surface area (TPSA) is 69.7 Å². The summed E-state index contributed by atoms with van der Waals surface area (Å²) in [6.45, 7) is 5.33. The molecule has 1 atom stereocenters. The van der Waals surface area contributed by atoms with Crippen LogP contribution in [0.5, 0.6) is 0 Å². The SMILES string of the molecule is CC(C)(C)OC(=O)CCC1CC(=O)OC1=O. The van der Waals surface area contributed by atoms with Gasteiger partial charge in [0.2, 0.25) is 0 Å². The van der Waals surface area contributed by atoms with Crippen molar-refractivity contribution in [1.29, 1.82) is 0 Å². The minimum Gasteiger partial charge on any atom is -0.460 e. The highest BCUT2D eigenvalue weighted by molar-refractivity contribution is 5.94. The smallest absolute Gasteiger partial charge is 0.317 e. The summed E-state index contributed by atoms with van der Waals surface area (Å²) in [7, 11) is 0. The molecule has 0 spiro atoms.